The van der Waals surface area contributed by atoms with Crippen molar-refractivity contribution in [1.29, 1.82) is 0 Å². The monoisotopic (exact) mass is 262 g/mol. The molecule has 0 bridgehead atoms. The van der Waals surface area contributed by atoms with Gasteiger partial charge in [-0.05, 0) is 12.8 Å². The van der Waals surface area contributed by atoms with Crippen molar-refractivity contribution in [2.45, 2.75) is 39.5 Å². The zero-order chi connectivity index (χ0) is 13.6. The summed E-state index contributed by atoms with van der Waals surface area (Å²) in [6.07, 6.45) is 3.89. The van der Waals surface area contributed by atoms with E-state index in [0.717, 1.165) is 25.7 Å². The molecular weight excluding hydrogens is 240 g/mol. The van der Waals surface area contributed by atoms with Gasteiger partial charge in [-0.1, -0.05) is 12.8 Å². The molecule has 0 heterocycles. The SMILES string of the molecule is CC(=O)OCOCCCCCCOCOC(C)=O. The van der Waals surface area contributed by atoms with Gasteiger partial charge in [-0.3, -0.25) is 9.59 Å². The van der Waals surface area contributed by atoms with E-state index >= 15 is 0 Å². The van der Waals surface area contributed by atoms with Crippen molar-refractivity contribution in [3.8, 4) is 0 Å². The number of rotatable bonds is 11. The summed E-state index contributed by atoms with van der Waals surface area (Å²) in [6.45, 7) is 3.92. The van der Waals surface area contributed by atoms with Crippen molar-refractivity contribution < 1.29 is 28.5 Å². The second-order valence-electron chi connectivity index (χ2n) is 3.74. The van der Waals surface area contributed by atoms with Gasteiger partial charge in [0.1, 0.15) is 0 Å². The van der Waals surface area contributed by atoms with Crippen LogP contribution in [0.4, 0.5) is 0 Å². The molecular formula is C12H22O6. The Morgan fingerprint density at radius 2 is 1.11 bits per heavy atom. The Labute approximate surface area is 108 Å². The zero-order valence-corrected chi connectivity index (χ0v) is 11.1. The summed E-state index contributed by atoms with van der Waals surface area (Å²) < 4.78 is 19.4. The first-order valence-corrected chi connectivity index (χ1v) is 6.05. The van der Waals surface area contributed by atoms with Crippen LogP contribution in [0.1, 0.15) is 39.5 Å². The molecule has 0 N–H and O–H groups in total. The third kappa shape index (κ3) is 14.9. The van der Waals surface area contributed by atoms with Crippen LogP contribution < -0.4 is 0 Å². The molecule has 0 saturated carbocycles. The van der Waals surface area contributed by atoms with Crippen molar-refractivity contribution in [2.24, 2.45) is 0 Å². The minimum atomic E-state index is -0.333. The summed E-state index contributed by atoms with van der Waals surface area (Å²) in [7, 11) is 0. The van der Waals surface area contributed by atoms with Gasteiger partial charge in [-0.25, -0.2) is 0 Å². The maximum absolute atomic E-state index is 10.4. The second-order valence-corrected chi connectivity index (χ2v) is 3.74. The number of hydrogen-bond acceptors (Lipinski definition) is 6. The van der Waals surface area contributed by atoms with Gasteiger partial charge in [0.2, 0.25) is 0 Å². The van der Waals surface area contributed by atoms with Crippen molar-refractivity contribution in [2.75, 3.05) is 26.8 Å². The molecule has 0 aromatic rings. The highest BCUT2D eigenvalue weighted by Gasteiger charge is 1.95. The number of carbonyl (C=O) groups excluding carboxylic acids is 2. The van der Waals surface area contributed by atoms with E-state index in [1.165, 1.54) is 13.8 Å². The lowest BCUT2D eigenvalue weighted by Crippen LogP contribution is -2.06. The molecule has 0 fully saturated rings. The first-order chi connectivity index (χ1) is 8.63. The molecule has 18 heavy (non-hydrogen) atoms. The van der Waals surface area contributed by atoms with Crippen LogP contribution >= 0.6 is 0 Å². The second kappa shape index (κ2) is 12.3. The molecule has 0 saturated heterocycles. The Balaban J connectivity index is 2.99. The molecule has 0 unspecified atom stereocenters. The Morgan fingerprint density at radius 1 is 0.722 bits per heavy atom. The zero-order valence-electron chi connectivity index (χ0n) is 11.1. The van der Waals surface area contributed by atoms with Crippen LogP contribution in [0.3, 0.4) is 0 Å². The van der Waals surface area contributed by atoms with Crippen molar-refractivity contribution >= 4 is 11.9 Å². The standard InChI is InChI=1S/C12H22O6/c1-11(13)17-9-15-7-5-3-4-6-8-16-10-18-12(2)14/h3-10H2,1-2H3. The molecule has 0 aliphatic carbocycles. The molecule has 6 heteroatoms. The Kier molecular flexibility index (Phi) is 11.5. The van der Waals surface area contributed by atoms with Gasteiger partial charge < -0.3 is 18.9 Å². The predicted molar refractivity (Wildman–Crippen MR) is 63.6 cm³/mol. The van der Waals surface area contributed by atoms with Crippen LogP contribution in [-0.4, -0.2) is 38.7 Å². The van der Waals surface area contributed by atoms with E-state index in [0.29, 0.717) is 13.2 Å². The number of hydrogen-bond donors (Lipinski definition) is 0. The molecule has 106 valence electrons. The third-order valence-corrected chi connectivity index (χ3v) is 2.02. The van der Waals surface area contributed by atoms with Gasteiger partial charge in [0.15, 0.2) is 13.6 Å². The Bertz CT molecular complexity index is 205. The summed E-state index contributed by atoms with van der Waals surface area (Å²) in [5.41, 5.74) is 0. The molecule has 0 amide bonds. The first-order valence-electron chi connectivity index (χ1n) is 6.05. The van der Waals surface area contributed by atoms with Crippen LogP contribution in [0.2, 0.25) is 0 Å². The summed E-state index contributed by atoms with van der Waals surface area (Å²) in [5, 5.41) is 0. The van der Waals surface area contributed by atoms with E-state index in [1.54, 1.807) is 0 Å². The van der Waals surface area contributed by atoms with Crippen LogP contribution in [0.5, 0.6) is 0 Å². The van der Waals surface area contributed by atoms with Gasteiger partial charge in [-0.15, -0.1) is 0 Å². The number of esters is 2. The molecule has 6 nitrogen and oxygen atoms in total. The van der Waals surface area contributed by atoms with Crippen LogP contribution in [-0.2, 0) is 28.5 Å². The number of unbranched alkanes of at least 4 members (excludes halogenated alkanes) is 3. The van der Waals surface area contributed by atoms with Crippen molar-refractivity contribution in [3.05, 3.63) is 0 Å². The first kappa shape index (κ1) is 16.9. The average molecular weight is 262 g/mol. The fourth-order valence-corrected chi connectivity index (χ4v) is 1.13. The highest BCUT2D eigenvalue weighted by atomic mass is 16.7. The lowest BCUT2D eigenvalue weighted by molar-refractivity contribution is -0.154. The average Bonchev–Trinajstić information content (AvgIpc) is 2.29. The molecule has 0 aliphatic heterocycles. The van der Waals surface area contributed by atoms with Crippen molar-refractivity contribution in [3.63, 3.8) is 0 Å². The summed E-state index contributed by atoms with van der Waals surface area (Å²) >= 11 is 0. The topological polar surface area (TPSA) is 71.1 Å². The minimum absolute atomic E-state index is 0.0286. The normalized spacial score (nSPS) is 10.1. The maximum atomic E-state index is 10.4. The van der Waals surface area contributed by atoms with Gasteiger partial charge in [0.05, 0.1) is 13.2 Å². The van der Waals surface area contributed by atoms with E-state index in [4.69, 9.17) is 9.47 Å². The molecule has 0 aliphatic rings. The van der Waals surface area contributed by atoms with Crippen LogP contribution in [0.15, 0.2) is 0 Å². The van der Waals surface area contributed by atoms with E-state index in [1.807, 2.05) is 0 Å². The largest absolute Gasteiger partial charge is 0.439 e. The smallest absolute Gasteiger partial charge is 0.304 e. The van der Waals surface area contributed by atoms with Gasteiger partial charge in [0, 0.05) is 13.8 Å². The van der Waals surface area contributed by atoms with Crippen molar-refractivity contribution in [1.82, 2.24) is 0 Å². The predicted octanol–water partition coefficient (Wildman–Crippen LogP) is 1.62. The number of carbonyl (C=O) groups is 2. The van der Waals surface area contributed by atoms with E-state index in [-0.39, 0.29) is 25.5 Å². The highest BCUT2D eigenvalue weighted by molar-refractivity contribution is 5.66. The lowest BCUT2D eigenvalue weighted by Gasteiger charge is -2.05. The van der Waals surface area contributed by atoms with E-state index in [9.17, 15) is 9.59 Å². The quantitative estimate of drug-likeness (QED) is 0.320. The summed E-state index contributed by atoms with van der Waals surface area (Å²) in [4.78, 5) is 20.8. The van der Waals surface area contributed by atoms with Gasteiger partial charge >= 0.3 is 11.9 Å². The number of ether oxygens (including phenoxy) is 4. The van der Waals surface area contributed by atoms with Gasteiger partial charge in [-0.2, -0.15) is 0 Å². The molecule has 0 atom stereocenters. The fourth-order valence-electron chi connectivity index (χ4n) is 1.13. The minimum Gasteiger partial charge on any atom is -0.439 e. The van der Waals surface area contributed by atoms with Gasteiger partial charge in [0.25, 0.3) is 0 Å². The van der Waals surface area contributed by atoms with E-state index < -0.39 is 0 Å². The Hall–Kier alpha value is -1.14. The molecule has 0 aromatic carbocycles. The summed E-state index contributed by atoms with van der Waals surface area (Å²) in [5.74, 6) is -0.667. The molecule has 0 spiro atoms. The molecule has 0 aromatic heterocycles. The maximum Gasteiger partial charge on any atom is 0.304 e. The molecule has 0 radical (unpaired) electrons. The van der Waals surface area contributed by atoms with Crippen LogP contribution in [0, 0.1) is 0 Å². The fraction of sp³-hybridized carbons (Fsp3) is 0.833. The molecule has 0 rings (SSSR count). The lowest BCUT2D eigenvalue weighted by atomic mass is 10.2. The van der Waals surface area contributed by atoms with E-state index in [2.05, 4.69) is 9.47 Å². The summed E-state index contributed by atoms with van der Waals surface area (Å²) in [6, 6.07) is 0. The highest BCUT2D eigenvalue weighted by Crippen LogP contribution is 2.00. The van der Waals surface area contributed by atoms with Crippen LogP contribution in [0.25, 0.3) is 0 Å². The Morgan fingerprint density at radius 3 is 1.44 bits per heavy atom. The third-order valence-electron chi connectivity index (χ3n) is 2.02.